The van der Waals surface area contributed by atoms with Gasteiger partial charge in [0.25, 0.3) is 0 Å². The van der Waals surface area contributed by atoms with Gasteiger partial charge in [0.15, 0.2) is 0 Å². The number of aryl methyl sites for hydroxylation is 2. The highest BCUT2D eigenvalue weighted by atomic mass is 16.5. The average molecular weight is 193 g/mol. The number of hydrogen-bond acceptors (Lipinski definition) is 2. The minimum atomic E-state index is 0.0886. The first-order valence-electron chi connectivity index (χ1n) is 5.05. The molecular formula is C12H19NO. The second-order valence-corrected chi connectivity index (χ2v) is 3.69. The van der Waals surface area contributed by atoms with Crippen molar-refractivity contribution in [3.63, 3.8) is 0 Å². The molecule has 0 amide bonds. The van der Waals surface area contributed by atoms with E-state index < -0.39 is 0 Å². The van der Waals surface area contributed by atoms with Gasteiger partial charge in [-0.25, -0.2) is 0 Å². The monoisotopic (exact) mass is 193 g/mol. The van der Waals surface area contributed by atoms with Crippen LogP contribution in [0.25, 0.3) is 0 Å². The van der Waals surface area contributed by atoms with E-state index in [1.165, 1.54) is 16.7 Å². The highest BCUT2D eigenvalue weighted by Crippen LogP contribution is 2.25. The van der Waals surface area contributed by atoms with Crippen molar-refractivity contribution in [2.45, 2.75) is 33.7 Å². The average Bonchev–Trinajstić information content (AvgIpc) is 2.01. The van der Waals surface area contributed by atoms with Crippen molar-refractivity contribution in [3.8, 4) is 5.75 Å². The normalized spacial score (nSPS) is 12.6. The molecule has 0 aliphatic heterocycles. The molecule has 1 aromatic rings. The van der Waals surface area contributed by atoms with Gasteiger partial charge >= 0.3 is 0 Å². The zero-order chi connectivity index (χ0) is 10.7. The van der Waals surface area contributed by atoms with Gasteiger partial charge in [-0.2, -0.15) is 0 Å². The summed E-state index contributed by atoms with van der Waals surface area (Å²) in [6, 6.07) is 4.19. The Morgan fingerprint density at radius 3 is 2.14 bits per heavy atom. The minimum Gasteiger partial charge on any atom is -0.494 e. The molecule has 0 aliphatic rings. The van der Waals surface area contributed by atoms with Gasteiger partial charge in [-0.3, -0.25) is 0 Å². The minimum absolute atomic E-state index is 0.0886. The van der Waals surface area contributed by atoms with Crippen LogP contribution in [-0.2, 0) is 0 Å². The molecular weight excluding hydrogens is 174 g/mol. The van der Waals surface area contributed by atoms with E-state index in [0.29, 0.717) is 6.61 Å². The largest absolute Gasteiger partial charge is 0.494 e. The van der Waals surface area contributed by atoms with Gasteiger partial charge < -0.3 is 10.5 Å². The van der Waals surface area contributed by atoms with Crippen LogP contribution in [0.1, 0.15) is 36.6 Å². The van der Waals surface area contributed by atoms with E-state index in [-0.39, 0.29) is 6.04 Å². The Labute approximate surface area is 86.1 Å². The molecule has 0 aliphatic carbocycles. The fourth-order valence-corrected chi connectivity index (χ4v) is 1.90. The Kier molecular flexibility index (Phi) is 3.53. The molecule has 1 unspecified atom stereocenters. The zero-order valence-electron chi connectivity index (χ0n) is 9.42. The second kappa shape index (κ2) is 4.47. The molecule has 2 nitrogen and oxygen atoms in total. The summed E-state index contributed by atoms with van der Waals surface area (Å²) in [6.07, 6.45) is 0. The van der Waals surface area contributed by atoms with Gasteiger partial charge in [0.05, 0.1) is 6.61 Å². The predicted octanol–water partition coefficient (Wildman–Crippen LogP) is 2.72. The summed E-state index contributed by atoms with van der Waals surface area (Å²) in [4.78, 5) is 0. The van der Waals surface area contributed by atoms with Crippen molar-refractivity contribution < 1.29 is 4.74 Å². The van der Waals surface area contributed by atoms with Crippen molar-refractivity contribution in [1.29, 1.82) is 0 Å². The highest BCUT2D eigenvalue weighted by Gasteiger charge is 2.08. The summed E-state index contributed by atoms with van der Waals surface area (Å²) in [5, 5.41) is 0. The van der Waals surface area contributed by atoms with E-state index in [1.54, 1.807) is 0 Å². The third-order valence-corrected chi connectivity index (χ3v) is 2.33. The number of rotatable bonds is 3. The molecule has 1 aromatic carbocycles. The summed E-state index contributed by atoms with van der Waals surface area (Å²) >= 11 is 0. The quantitative estimate of drug-likeness (QED) is 0.801. The van der Waals surface area contributed by atoms with Crippen molar-refractivity contribution >= 4 is 0 Å². The van der Waals surface area contributed by atoms with E-state index in [1.807, 2.05) is 13.8 Å². The van der Waals surface area contributed by atoms with Crippen LogP contribution in [-0.4, -0.2) is 6.61 Å². The third kappa shape index (κ3) is 2.26. The maximum atomic E-state index is 5.90. The van der Waals surface area contributed by atoms with Crippen LogP contribution in [0.3, 0.4) is 0 Å². The number of benzene rings is 1. The molecule has 78 valence electrons. The number of hydrogen-bond donors (Lipinski definition) is 1. The Bertz CT molecular complexity index is 295. The van der Waals surface area contributed by atoms with Crippen molar-refractivity contribution in [3.05, 3.63) is 28.8 Å². The molecule has 0 saturated heterocycles. The maximum absolute atomic E-state index is 5.90. The van der Waals surface area contributed by atoms with Crippen LogP contribution in [0, 0.1) is 13.8 Å². The summed E-state index contributed by atoms with van der Waals surface area (Å²) in [5.41, 5.74) is 9.55. The first kappa shape index (κ1) is 11.1. The lowest BCUT2D eigenvalue weighted by Gasteiger charge is -2.15. The molecule has 0 radical (unpaired) electrons. The lowest BCUT2D eigenvalue weighted by Crippen LogP contribution is -2.09. The molecule has 2 N–H and O–H groups in total. The van der Waals surface area contributed by atoms with Crippen LogP contribution in [0.15, 0.2) is 12.1 Å². The van der Waals surface area contributed by atoms with Crippen molar-refractivity contribution in [1.82, 2.24) is 0 Å². The van der Waals surface area contributed by atoms with Crippen LogP contribution < -0.4 is 10.5 Å². The lowest BCUT2D eigenvalue weighted by atomic mass is 9.97. The molecule has 0 heterocycles. The standard InChI is InChI=1S/C12H19NO/c1-5-14-11-6-8(2)12(10(4)13)9(3)7-11/h6-7,10H,5,13H2,1-4H3. The molecule has 0 saturated carbocycles. The van der Waals surface area contributed by atoms with Crippen LogP contribution in [0.2, 0.25) is 0 Å². The van der Waals surface area contributed by atoms with Crippen molar-refractivity contribution in [2.24, 2.45) is 5.73 Å². The molecule has 0 spiro atoms. The zero-order valence-corrected chi connectivity index (χ0v) is 9.42. The van der Waals surface area contributed by atoms with Crippen LogP contribution >= 0.6 is 0 Å². The number of ether oxygens (including phenoxy) is 1. The SMILES string of the molecule is CCOc1cc(C)c(C(C)N)c(C)c1. The molecule has 0 bridgehead atoms. The van der Waals surface area contributed by atoms with Crippen LogP contribution in [0.4, 0.5) is 0 Å². The maximum Gasteiger partial charge on any atom is 0.119 e. The highest BCUT2D eigenvalue weighted by molar-refractivity contribution is 5.42. The van der Waals surface area contributed by atoms with E-state index >= 15 is 0 Å². The molecule has 0 aromatic heterocycles. The molecule has 2 heteroatoms. The molecule has 1 rings (SSSR count). The van der Waals surface area contributed by atoms with Gasteiger partial charge in [0.2, 0.25) is 0 Å². The Morgan fingerprint density at radius 1 is 1.29 bits per heavy atom. The van der Waals surface area contributed by atoms with E-state index in [0.717, 1.165) is 5.75 Å². The lowest BCUT2D eigenvalue weighted by molar-refractivity contribution is 0.339. The Balaban J connectivity index is 3.11. The Morgan fingerprint density at radius 2 is 1.79 bits per heavy atom. The van der Waals surface area contributed by atoms with Gasteiger partial charge in [0, 0.05) is 6.04 Å². The van der Waals surface area contributed by atoms with Gasteiger partial charge in [-0.15, -0.1) is 0 Å². The van der Waals surface area contributed by atoms with E-state index in [4.69, 9.17) is 10.5 Å². The summed E-state index contributed by atoms with van der Waals surface area (Å²) in [6.45, 7) is 8.86. The summed E-state index contributed by atoms with van der Waals surface area (Å²) < 4.78 is 5.46. The fourth-order valence-electron chi connectivity index (χ4n) is 1.90. The molecule has 1 atom stereocenters. The van der Waals surface area contributed by atoms with Crippen molar-refractivity contribution in [2.75, 3.05) is 6.61 Å². The smallest absolute Gasteiger partial charge is 0.119 e. The molecule has 14 heavy (non-hydrogen) atoms. The topological polar surface area (TPSA) is 35.2 Å². The third-order valence-electron chi connectivity index (χ3n) is 2.33. The summed E-state index contributed by atoms with van der Waals surface area (Å²) in [5.74, 6) is 0.937. The van der Waals surface area contributed by atoms with Gasteiger partial charge in [-0.1, -0.05) is 0 Å². The Hall–Kier alpha value is -1.02. The van der Waals surface area contributed by atoms with Gasteiger partial charge in [-0.05, 0) is 56.5 Å². The number of nitrogens with two attached hydrogens (primary N) is 1. The van der Waals surface area contributed by atoms with Gasteiger partial charge in [0.1, 0.15) is 5.75 Å². The van der Waals surface area contributed by atoms with E-state index in [2.05, 4.69) is 26.0 Å². The molecule has 0 fully saturated rings. The predicted molar refractivity (Wildman–Crippen MR) is 59.7 cm³/mol. The first-order valence-corrected chi connectivity index (χ1v) is 5.05. The fraction of sp³-hybridized carbons (Fsp3) is 0.500. The summed E-state index contributed by atoms with van der Waals surface area (Å²) in [7, 11) is 0. The van der Waals surface area contributed by atoms with E-state index in [9.17, 15) is 0 Å². The van der Waals surface area contributed by atoms with Crippen LogP contribution in [0.5, 0.6) is 5.75 Å². The first-order chi connectivity index (χ1) is 6.56. The second-order valence-electron chi connectivity index (χ2n) is 3.69.